The van der Waals surface area contributed by atoms with Crippen molar-refractivity contribution in [2.45, 2.75) is 12.8 Å². The Hall–Kier alpha value is -1.53. The second kappa shape index (κ2) is 6.49. The van der Waals surface area contributed by atoms with Crippen LogP contribution in [0.5, 0.6) is 0 Å². The first kappa shape index (κ1) is 15.9. The molecule has 1 aliphatic heterocycles. The predicted octanol–water partition coefficient (Wildman–Crippen LogP) is 3.29. The molecule has 0 bridgehead atoms. The first-order valence-electron chi connectivity index (χ1n) is 6.40. The van der Waals surface area contributed by atoms with Crippen molar-refractivity contribution in [3.8, 4) is 0 Å². The summed E-state index contributed by atoms with van der Waals surface area (Å²) < 4.78 is 4.74. The summed E-state index contributed by atoms with van der Waals surface area (Å²) in [5.74, 6) is -0.336. The van der Waals surface area contributed by atoms with Gasteiger partial charge in [-0.15, -0.1) is 0 Å². The van der Waals surface area contributed by atoms with Gasteiger partial charge in [-0.1, -0.05) is 23.2 Å². The van der Waals surface area contributed by atoms with Gasteiger partial charge in [0, 0.05) is 25.2 Å². The summed E-state index contributed by atoms with van der Waals surface area (Å²) in [6, 6.07) is 2.57. The monoisotopic (exact) mass is 332 g/mol. The molecule has 0 amide bonds. The number of piperidine rings is 1. The Morgan fingerprint density at radius 3 is 2.29 bits per heavy atom. The number of hydrogen-bond acceptors (Lipinski definition) is 5. The van der Waals surface area contributed by atoms with Crippen molar-refractivity contribution < 1.29 is 14.5 Å². The smallest absolute Gasteiger partial charge is 0.308 e. The number of anilines is 1. The van der Waals surface area contributed by atoms with E-state index in [2.05, 4.69) is 0 Å². The lowest BCUT2D eigenvalue weighted by Crippen LogP contribution is -2.37. The lowest BCUT2D eigenvalue weighted by Gasteiger charge is -2.33. The minimum Gasteiger partial charge on any atom is -0.469 e. The van der Waals surface area contributed by atoms with Crippen LogP contribution in [-0.2, 0) is 9.53 Å². The van der Waals surface area contributed by atoms with Gasteiger partial charge in [0.2, 0.25) is 0 Å². The summed E-state index contributed by atoms with van der Waals surface area (Å²) in [5.41, 5.74) is 0.436. The average molecular weight is 333 g/mol. The number of non-ortho nitro benzene ring substituents is 1. The molecule has 0 spiro atoms. The molecule has 1 aliphatic rings. The predicted molar refractivity (Wildman–Crippen MR) is 80.1 cm³/mol. The Morgan fingerprint density at radius 2 is 1.86 bits per heavy atom. The zero-order chi connectivity index (χ0) is 15.6. The Balaban J connectivity index is 2.17. The molecule has 0 saturated carbocycles. The zero-order valence-electron chi connectivity index (χ0n) is 11.3. The highest BCUT2D eigenvalue weighted by Crippen LogP contribution is 2.39. The fraction of sp³-hybridized carbons (Fsp3) is 0.462. The highest BCUT2D eigenvalue weighted by molar-refractivity contribution is 6.39. The van der Waals surface area contributed by atoms with Crippen LogP contribution in [0.4, 0.5) is 11.4 Å². The van der Waals surface area contributed by atoms with Crippen LogP contribution >= 0.6 is 23.2 Å². The van der Waals surface area contributed by atoms with Gasteiger partial charge < -0.3 is 9.64 Å². The van der Waals surface area contributed by atoms with Crippen LogP contribution in [0, 0.1) is 16.0 Å². The summed E-state index contributed by atoms with van der Waals surface area (Å²) in [6.45, 7) is 1.19. The third kappa shape index (κ3) is 3.39. The van der Waals surface area contributed by atoms with E-state index in [1.807, 2.05) is 4.90 Å². The molecule has 2 rings (SSSR count). The SMILES string of the molecule is COC(=O)C1CCN(c2c(Cl)cc([N+](=O)[O-])cc2Cl)CC1. The molecule has 1 fully saturated rings. The maximum atomic E-state index is 11.5. The lowest BCUT2D eigenvalue weighted by atomic mass is 9.96. The van der Waals surface area contributed by atoms with Crippen molar-refractivity contribution in [3.05, 3.63) is 32.3 Å². The van der Waals surface area contributed by atoms with Crippen molar-refractivity contribution in [1.29, 1.82) is 0 Å². The number of nitrogens with zero attached hydrogens (tertiary/aromatic N) is 2. The number of nitro benzene ring substituents is 1. The topological polar surface area (TPSA) is 72.7 Å². The highest BCUT2D eigenvalue weighted by atomic mass is 35.5. The molecule has 1 aromatic rings. The number of ether oxygens (including phenoxy) is 1. The first-order chi connectivity index (χ1) is 9.93. The van der Waals surface area contributed by atoms with Crippen LogP contribution in [0.15, 0.2) is 12.1 Å². The molecule has 1 heterocycles. The van der Waals surface area contributed by atoms with Crippen molar-refractivity contribution in [3.63, 3.8) is 0 Å². The highest BCUT2D eigenvalue weighted by Gasteiger charge is 2.28. The number of methoxy groups -OCH3 is 1. The van der Waals surface area contributed by atoms with E-state index in [0.29, 0.717) is 31.6 Å². The van der Waals surface area contributed by atoms with Gasteiger partial charge in [0.15, 0.2) is 0 Å². The molecular formula is C13H14Cl2N2O4. The number of carbonyl (C=O) groups is 1. The summed E-state index contributed by atoms with van der Waals surface area (Å²) >= 11 is 12.2. The molecule has 0 atom stereocenters. The lowest BCUT2D eigenvalue weighted by molar-refractivity contribution is -0.384. The standard InChI is InChI=1S/C13H14Cl2N2O4/c1-21-13(18)8-2-4-16(5-3-8)12-10(14)6-9(17(19)20)7-11(12)15/h6-8H,2-5H2,1H3. The molecule has 0 N–H and O–H groups in total. The molecule has 0 radical (unpaired) electrons. The van der Waals surface area contributed by atoms with Crippen LogP contribution < -0.4 is 4.90 Å². The summed E-state index contributed by atoms with van der Waals surface area (Å²) in [6.07, 6.45) is 1.27. The number of rotatable bonds is 3. The van der Waals surface area contributed by atoms with Gasteiger partial charge in [0.05, 0.1) is 33.7 Å². The Labute approximate surface area is 131 Å². The van der Waals surface area contributed by atoms with Crippen molar-refractivity contribution in [1.82, 2.24) is 0 Å². The van der Waals surface area contributed by atoms with Gasteiger partial charge in [-0.2, -0.15) is 0 Å². The van der Waals surface area contributed by atoms with E-state index in [0.717, 1.165) is 0 Å². The second-order valence-corrected chi connectivity index (χ2v) is 5.61. The van der Waals surface area contributed by atoms with Crippen LogP contribution in [0.25, 0.3) is 0 Å². The first-order valence-corrected chi connectivity index (χ1v) is 7.16. The maximum Gasteiger partial charge on any atom is 0.308 e. The van der Waals surface area contributed by atoms with Gasteiger partial charge in [-0.3, -0.25) is 14.9 Å². The number of halogens is 2. The molecule has 8 heteroatoms. The summed E-state index contributed by atoms with van der Waals surface area (Å²) in [5, 5.41) is 11.3. The number of benzene rings is 1. The maximum absolute atomic E-state index is 11.5. The molecule has 6 nitrogen and oxygen atoms in total. The quantitative estimate of drug-likeness (QED) is 0.482. The fourth-order valence-electron chi connectivity index (χ4n) is 2.47. The minimum absolute atomic E-state index is 0.123. The van der Waals surface area contributed by atoms with Gasteiger partial charge in [0.25, 0.3) is 5.69 Å². The molecule has 21 heavy (non-hydrogen) atoms. The van der Waals surface area contributed by atoms with E-state index in [4.69, 9.17) is 27.9 Å². The third-order valence-corrected chi connectivity index (χ3v) is 4.13. The number of nitro groups is 1. The third-order valence-electron chi connectivity index (χ3n) is 3.56. The van der Waals surface area contributed by atoms with Crippen molar-refractivity contribution >= 4 is 40.5 Å². The van der Waals surface area contributed by atoms with E-state index in [1.165, 1.54) is 19.2 Å². The van der Waals surface area contributed by atoms with Crippen LogP contribution in [0.3, 0.4) is 0 Å². The number of carbonyl (C=O) groups excluding carboxylic acids is 1. The number of hydrogen-bond donors (Lipinski definition) is 0. The van der Waals surface area contributed by atoms with E-state index < -0.39 is 4.92 Å². The molecule has 114 valence electrons. The Kier molecular flexibility index (Phi) is 4.90. The van der Waals surface area contributed by atoms with E-state index in [-0.39, 0.29) is 27.6 Å². The molecule has 0 aliphatic carbocycles. The van der Waals surface area contributed by atoms with E-state index >= 15 is 0 Å². The Morgan fingerprint density at radius 1 is 1.33 bits per heavy atom. The molecule has 1 saturated heterocycles. The van der Waals surface area contributed by atoms with Crippen LogP contribution in [-0.4, -0.2) is 31.1 Å². The van der Waals surface area contributed by atoms with Gasteiger partial charge in [-0.25, -0.2) is 0 Å². The van der Waals surface area contributed by atoms with Gasteiger partial charge >= 0.3 is 5.97 Å². The number of esters is 1. The van der Waals surface area contributed by atoms with Gasteiger partial charge in [-0.05, 0) is 12.8 Å². The van der Waals surface area contributed by atoms with Crippen molar-refractivity contribution in [2.24, 2.45) is 5.92 Å². The Bertz CT molecular complexity index is 548. The van der Waals surface area contributed by atoms with Crippen molar-refractivity contribution in [2.75, 3.05) is 25.1 Å². The molecule has 1 aromatic carbocycles. The summed E-state index contributed by atoms with van der Waals surface area (Å²) in [7, 11) is 1.37. The minimum atomic E-state index is -0.537. The molecule has 0 aromatic heterocycles. The van der Waals surface area contributed by atoms with Crippen LogP contribution in [0.2, 0.25) is 10.0 Å². The van der Waals surface area contributed by atoms with E-state index in [1.54, 1.807) is 0 Å². The fourth-order valence-corrected chi connectivity index (χ4v) is 3.18. The largest absolute Gasteiger partial charge is 0.469 e. The molecular weight excluding hydrogens is 319 g/mol. The average Bonchev–Trinajstić information content (AvgIpc) is 2.46. The molecule has 0 unspecified atom stereocenters. The van der Waals surface area contributed by atoms with E-state index in [9.17, 15) is 14.9 Å². The normalized spacial score (nSPS) is 15.9. The summed E-state index contributed by atoms with van der Waals surface area (Å²) in [4.78, 5) is 23.7. The van der Waals surface area contributed by atoms with Gasteiger partial charge in [0.1, 0.15) is 0 Å². The van der Waals surface area contributed by atoms with Crippen LogP contribution in [0.1, 0.15) is 12.8 Å². The second-order valence-electron chi connectivity index (χ2n) is 4.80. The zero-order valence-corrected chi connectivity index (χ0v) is 12.9.